The fraction of sp³-hybridized carbons (Fsp3) is 0.321. The lowest BCUT2D eigenvalue weighted by Gasteiger charge is -2.12. The predicted octanol–water partition coefficient (Wildman–Crippen LogP) is 5.37. The van der Waals surface area contributed by atoms with Crippen LogP contribution in [0.5, 0.6) is 0 Å². The summed E-state index contributed by atoms with van der Waals surface area (Å²) in [5.41, 5.74) is 2.85. The van der Waals surface area contributed by atoms with Gasteiger partial charge in [0, 0.05) is 46.8 Å². The van der Waals surface area contributed by atoms with Crippen LogP contribution in [0.2, 0.25) is 0 Å². The van der Waals surface area contributed by atoms with E-state index in [1.54, 1.807) is 6.08 Å². The van der Waals surface area contributed by atoms with Gasteiger partial charge in [-0.15, -0.1) is 0 Å². The Labute approximate surface area is 228 Å². The highest BCUT2D eigenvalue weighted by atomic mass is 79.9. The zero-order valence-electron chi connectivity index (χ0n) is 20.3. The van der Waals surface area contributed by atoms with E-state index in [4.69, 9.17) is 4.74 Å². The topological polar surface area (TPSA) is 80.6 Å². The molecule has 3 heterocycles. The van der Waals surface area contributed by atoms with E-state index in [2.05, 4.69) is 21.2 Å². The molecular weight excluding hydrogens is 554 g/mol. The van der Waals surface area contributed by atoms with Crippen LogP contribution >= 0.6 is 27.7 Å². The van der Waals surface area contributed by atoms with E-state index in [9.17, 15) is 14.4 Å². The number of nitrogens with one attached hydrogen (secondary N) is 1. The Morgan fingerprint density at radius 2 is 2.03 bits per heavy atom. The second kappa shape index (κ2) is 11.7. The number of thioether (sulfide) groups is 1. The molecule has 192 valence electrons. The van der Waals surface area contributed by atoms with Crippen molar-refractivity contribution in [2.45, 2.75) is 38.3 Å². The van der Waals surface area contributed by atoms with Gasteiger partial charge in [0.15, 0.2) is 0 Å². The van der Waals surface area contributed by atoms with Gasteiger partial charge in [-0.25, -0.2) is 0 Å². The van der Waals surface area contributed by atoms with Gasteiger partial charge in [0.2, 0.25) is 5.91 Å². The van der Waals surface area contributed by atoms with Crippen molar-refractivity contribution in [2.24, 2.45) is 0 Å². The van der Waals surface area contributed by atoms with E-state index in [-0.39, 0.29) is 29.7 Å². The minimum absolute atomic E-state index is 0.0835. The molecule has 3 aromatic rings. The molecule has 2 aliphatic heterocycles. The molecular formula is C28H28BrN3O4S. The number of carbonyl (C=O) groups is 3. The number of ether oxygens (including phenoxy) is 1. The average Bonchev–Trinajstić information content (AvgIpc) is 3.59. The molecule has 0 aliphatic carbocycles. The number of amides is 3. The Balaban J connectivity index is 1.30. The van der Waals surface area contributed by atoms with Crippen molar-refractivity contribution in [3.8, 4) is 0 Å². The third-order valence-electron chi connectivity index (χ3n) is 6.59. The van der Waals surface area contributed by atoms with Crippen LogP contribution in [-0.2, 0) is 27.3 Å². The first kappa shape index (κ1) is 25.8. The van der Waals surface area contributed by atoms with Crippen LogP contribution in [-0.4, -0.2) is 52.3 Å². The Morgan fingerprint density at radius 1 is 1.19 bits per heavy atom. The molecule has 0 spiro atoms. The number of carbonyl (C=O) groups excluding carboxylic acids is 3. The third kappa shape index (κ3) is 6.17. The molecule has 0 unspecified atom stereocenters. The number of fused-ring (bicyclic) bond motifs is 1. The summed E-state index contributed by atoms with van der Waals surface area (Å²) in [4.78, 5) is 40.1. The summed E-state index contributed by atoms with van der Waals surface area (Å²) in [5, 5.41) is 3.62. The molecule has 0 radical (unpaired) electrons. The highest BCUT2D eigenvalue weighted by Crippen LogP contribution is 2.35. The maximum atomic E-state index is 13.1. The Morgan fingerprint density at radius 3 is 2.81 bits per heavy atom. The minimum Gasteiger partial charge on any atom is -0.376 e. The Bertz CT molecular complexity index is 1350. The fourth-order valence-electron chi connectivity index (χ4n) is 4.71. The molecule has 7 nitrogen and oxygen atoms in total. The zero-order valence-corrected chi connectivity index (χ0v) is 22.7. The third-order valence-corrected chi connectivity index (χ3v) is 7.99. The summed E-state index contributed by atoms with van der Waals surface area (Å²) < 4.78 is 8.36. The number of aryl methyl sites for hydroxylation is 1. The summed E-state index contributed by atoms with van der Waals surface area (Å²) in [6.45, 7) is 1.79. The van der Waals surface area contributed by atoms with Gasteiger partial charge in [0.1, 0.15) is 6.54 Å². The summed E-state index contributed by atoms with van der Waals surface area (Å²) in [5.74, 6) is -0.367. The van der Waals surface area contributed by atoms with E-state index in [1.165, 1.54) is 10.5 Å². The van der Waals surface area contributed by atoms with Crippen molar-refractivity contribution in [1.29, 1.82) is 0 Å². The first-order valence-electron chi connectivity index (χ1n) is 12.4. The average molecular weight is 583 g/mol. The molecule has 0 bridgehead atoms. The number of nitrogens with zero attached hydrogens (tertiary/aromatic N) is 2. The number of rotatable bonds is 9. The highest BCUT2D eigenvalue weighted by molar-refractivity contribution is 9.10. The summed E-state index contributed by atoms with van der Waals surface area (Å²) >= 11 is 4.49. The second-order valence-corrected chi connectivity index (χ2v) is 11.1. The standard InChI is InChI=1S/C28H28BrN3O4S/c29-21-10-11-24-23(15-21)20(17-31(24)18-26(33)30-16-22-9-5-13-36-22)14-25-27(34)32(28(35)37-25)12-4-8-19-6-2-1-3-7-19/h1-3,6-7,10-11,14-15,17,22H,4-5,8-9,12-13,16,18H2,(H,30,33)/b25-14-/t22-/m0/s1. The number of hydrogen-bond donors (Lipinski definition) is 1. The van der Waals surface area contributed by atoms with Gasteiger partial charge in [-0.05, 0) is 67.3 Å². The lowest BCUT2D eigenvalue weighted by molar-refractivity contribution is -0.123. The maximum absolute atomic E-state index is 13.1. The normalized spacial score (nSPS) is 18.9. The van der Waals surface area contributed by atoms with Crippen LogP contribution in [0, 0.1) is 0 Å². The molecule has 37 heavy (non-hydrogen) atoms. The van der Waals surface area contributed by atoms with Crippen molar-refractivity contribution in [3.63, 3.8) is 0 Å². The van der Waals surface area contributed by atoms with Crippen molar-refractivity contribution < 1.29 is 19.1 Å². The van der Waals surface area contributed by atoms with Gasteiger partial charge in [0.25, 0.3) is 11.1 Å². The van der Waals surface area contributed by atoms with Crippen LogP contribution in [0.1, 0.15) is 30.4 Å². The SMILES string of the molecule is O=C(Cn1cc(/C=C2\SC(=O)N(CCCc3ccccc3)C2=O)c2cc(Br)ccc21)NC[C@@H]1CCCO1. The summed E-state index contributed by atoms with van der Waals surface area (Å²) in [7, 11) is 0. The van der Waals surface area contributed by atoms with Crippen molar-refractivity contribution in [3.05, 3.63) is 75.2 Å². The lowest BCUT2D eigenvalue weighted by atomic mass is 10.1. The number of hydrogen-bond acceptors (Lipinski definition) is 5. The summed E-state index contributed by atoms with van der Waals surface area (Å²) in [6.07, 6.45) is 7.22. The van der Waals surface area contributed by atoms with E-state index in [0.717, 1.165) is 58.6 Å². The van der Waals surface area contributed by atoms with Gasteiger partial charge in [-0.1, -0.05) is 46.3 Å². The Hall–Kier alpha value is -2.88. The quantitative estimate of drug-likeness (QED) is 0.344. The molecule has 1 atom stereocenters. The Kier molecular flexibility index (Phi) is 8.12. The van der Waals surface area contributed by atoms with Crippen molar-refractivity contribution in [2.75, 3.05) is 19.7 Å². The molecule has 0 saturated carbocycles. The maximum Gasteiger partial charge on any atom is 0.293 e. The molecule has 5 rings (SSSR count). The minimum atomic E-state index is -0.270. The van der Waals surface area contributed by atoms with E-state index < -0.39 is 0 Å². The number of benzene rings is 2. The smallest absolute Gasteiger partial charge is 0.293 e. The van der Waals surface area contributed by atoms with Gasteiger partial charge in [0.05, 0.1) is 11.0 Å². The van der Waals surface area contributed by atoms with Gasteiger partial charge >= 0.3 is 0 Å². The van der Waals surface area contributed by atoms with E-state index in [0.29, 0.717) is 24.4 Å². The van der Waals surface area contributed by atoms with E-state index in [1.807, 2.05) is 59.3 Å². The number of halogens is 1. The molecule has 1 aromatic heterocycles. The molecule has 9 heteroatoms. The van der Waals surface area contributed by atoms with Gasteiger partial charge in [-0.2, -0.15) is 0 Å². The monoisotopic (exact) mass is 581 g/mol. The first-order valence-corrected chi connectivity index (χ1v) is 14.0. The van der Waals surface area contributed by atoms with Crippen LogP contribution in [0.15, 0.2) is 64.1 Å². The fourth-order valence-corrected chi connectivity index (χ4v) is 5.92. The largest absolute Gasteiger partial charge is 0.376 e. The highest BCUT2D eigenvalue weighted by Gasteiger charge is 2.34. The number of imide groups is 1. The molecule has 2 saturated heterocycles. The van der Waals surface area contributed by atoms with Crippen LogP contribution in [0.3, 0.4) is 0 Å². The first-order chi connectivity index (χ1) is 18.0. The van der Waals surface area contributed by atoms with Crippen molar-refractivity contribution >= 4 is 61.7 Å². The lowest BCUT2D eigenvalue weighted by Crippen LogP contribution is -2.34. The molecule has 2 aromatic carbocycles. The van der Waals surface area contributed by atoms with Crippen LogP contribution in [0.4, 0.5) is 4.79 Å². The predicted molar refractivity (Wildman–Crippen MR) is 149 cm³/mol. The molecule has 2 fully saturated rings. The number of aromatic nitrogens is 1. The summed E-state index contributed by atoms with van der Waals surface area (Å²) in [6, 6.07) is 15.9. The molecule has 1 N–H and O–H groups in total. The molecule has 3 amide bonds. The molecule has 2 aliphatic rings. The van der Waals surface area contributed by atoms with Crippen LogP contribution in [0.25, 0.3) is 17.0 Å². The van der Waals surface area contributed by atoms with Crippen molar-refractivity contribution in [1.82, 2.24) is 14.8 Å². The van der Waals surface area contributed by atoms with Gasteiger partial charge < -0.3 is 14.6 Å². The van der Waals surface area contributed by atoms with E-state index >= 15 is 0 Å². The van der Waals surface area contributed by atoms with Gasteiger partial charge in [-0.3, -0.25) is 19.3 Å². The van der Waals surface area contributed by atoms with Crippen LogP contribution < -0.4 is 5.32 Å². The second-order valence-electron chi connectivity index (χ2n) is 9.24. The zero-order chi connectivity index (χ0) is 25.8.